The summed E-state index contributed by atoms with van der Waals surface area (Å²) in [6, 6.07) is 4.50. The Morgan fingerprint density at radius 1 is 1.50 bits per heavy atom. The van der Waals surface area contributed by atoms with Crippen molar-refractivity contribution in [3.05, 3.63) is 33.8 Å². The van der Waals surface area contributed by atoms with Crippen molar-refractivity contribution in [3.8, 4) is 0 Å². The highest BCUT2D eigenvalue weighted by molar-refractivity contribution is 6.42. The molecule has 0 aliphatic heterocycles. The van der Waals surface area contributed by atoms with Gasteiger partial charge in [-0.25, -0.2) is 5.90 Å². The first-order valence-electron chi connectivity index (χ1n) is 4.62. The van der Waals surface area contributed by atoms with Crippen LogP contribution in [0.4, 0.5) is 0 Å². The van der Waals surface area contributed by atoms with Crippen LogP contribution in [0.3, 0.4) is 0 Å². The smallest absolute Gasteiger partial charge is 0.251 e. The molecular weight excluding hydrogens is 251 g/mol. The number of amides is 1. The Balaban J connectivity index is 2.69. The molecule has 6 heteroatoms. The summed E-state index contributed by atoms with van der Waals surface area (Å²) in [7, 11) is 0. The van der Waals surface area contributed by atoms with Gasteiger partial charge in [0, 0.05) is 5.56 Å². The summed E-state index contributed by atoms with van der Waals surface area (Å²) in [5, 5.41) is 3.46. The van der Waals surface area contributed by atoms with Crippen molar-refractivity contribution in [2.24, 2.45) is 5.90 Å². The van der Waals surface area contributed by atoms with Crippen molar-refractivity contribution in [2.75, 3.05) is 6.61 Å². The van der Waals surface area contributed by atoms with E-state index in [0.717, 1.165) is 0 Å². The van der Waals surface area contributed by atoms with Crippen LogP contribution >= 0.6 is 23.2 Å². The number of halogens is 2. The van der Waals surface area contributed by atoms with E-state index in [1.165, 1.54) is 6.07 Å². The van der Waals surface area contributed by atoms with Crippen molar-refractivity contribution in [2.45, 2.75) is 13.0 Å². The number of nitrogens with two attached hydrogens (primary N) is 1. The first-order chi connectivity index (χ1) is 7.54. The minimum Gasteiger partial charge on any atom is -0.347 e. The highest BCUT2D eigenvalue weighted by Gasteiger charge is 2.10. The van der Waals surface area contributed by atoms with Crippen molar-refractivity contribution < 1.29 is 9.63 Å². The third kappa shape index (κ3) is 3.64. The number of hydrogen-bond donors (Lipinski definition) is 2. The Hall–Kier alpha value is -0.810. The maximum atomic E-state index is 11.7. The van der Waals surface area contributed by atoms with Gasteiger partial charge in [0.15, 0.2) is 0 Å². The van der Waals surface area contributed by atoms with Gasteiger partial charge in [-0.3, -0.25) is 4.79 Å². The molecule has 0 aromatic heterocycles. The molecule has 0 aliphatic rings. The Labute approximate surface area is 104 Å². The summed E-state index contributed by atoms with van der Waals surface area (Å²) >= 11 is 11.5. The second-order valence-electron chi connectivity index (χ2n) is 3.34. The lowest BCUT2D eigenvalue weighted by atomic mass is 10.2. The minimum absolute atomic E-state index is 0.174. The average Bonchev–Trinajstić information content (AvgIpc) is 2.22. The number of carbonyl (C=O) groups is 1. The highest BCUT2D eigenvalue weighted by atomic mass is 35.5. The molecule has 0 saturated carbocycles. The summed E-state index contributed by atoms with van der Waals surface area (Å²) in [6.07, 6.45) is 0. The van der Waals surface area contributed by atoms with Gasteiger partial charge in [0.05, 0.1) is 22.7 Å². The van der Waals surface area contributed by atoms with Crippen LogP contribution in [0, 0.1) is 0 Å². The zero-order valence-electron chi connectivity index (χ0n) is 8.67. The second-order valence-corrected chi connectivity index (χ2v) is 4.15. The molecule has 16 heavy (non-hydrogen) atoms. The monoisotopic (exact) mass is 262 g/mol. The topological polar surface area (TPSA) is 64.3 Å². The van der Waals surface area contributed by atoms with Gasteiger partial charge in [0.2, 0.25) is 0 Å². The second kappa shape index (κ2) is 6.06. The van der Waals surface area contributed by atoms with Crippen LogP contribution in [0.1, 0.15) is 17.3 Å². The summed E-state index contributed by atoms with van der Waals surface area (Å²) in [6.45, 7) is 2.02. The van der Waals surface area contributed by atoms with E-state index in [9.17, 15) is 4.79 Å². The molecule has 1 rings (SSSR count). The van der Waals surface area contributed by atoms with Crippen molar-refractivity contribution in [1.82, 2.24) is 5.32 Å². The number of benzene rings is 1. The Morgan fingerprint density at radius 3 is 2.75 bits per heavy atom. The number of rotatable bonds is 4. The van der Waals surface area contributed by atoms with Crippen LogP contribution in [0.2, 0.25) is 10.0 Å². The first-order valence-corrected chi connectivity index (χ1v) is 5.37. The van der Waals surface area contributed by atoms with Crippen LogP contribution in [-0.2, 0) is 4.84 Å². The standard InChI is InChI=1S/C10H12Cl2N2O2/c1-6(5-16-13)14-10(15)7-2-3-8(11)9(12)4-7/h2-4,6H,5,13H2,1H3,(H,14,15). The van der Waals surface area contributed by atoms with Gasteiger partial charge in [-0.1, -0.05) is 23.2 Å². The zero-order valence-corrected chi connectivity index (χ0v) is 10.2. The largest absolute Gasteiger partial charge is 0.347 e. The average molecular weight is 263 g/mol. The molecule has 1 amide bonds. The molecule has 1 aromatic carbocycles. The predicted molar refractivity (Wildman–Crippen MR) is 63.5 cm³/mol. The van der Waals surface area contributed by atoms with Gasteiger partial charge in [-0.15, -0.1) is 0 Å². The normalized spacial score (nSPS) is 12.2. The lowest BCUT2D eigenvalue weighted by Crippen LogP contribution is -2.36. The molecule has 0 saturated heterocycles. The van der Waals surface area contributed by atoms with E-state index >= 15 is 0 Å². The molecule has 3 N–H and O–H groups in total. The molecule has 1 atom stereocenters. The van der Waals surface area contributed by atoms with E-state index in [1.807, 2.05) is 0 Å². The summed E-state index contributed by atoms with van der Waals surface area (Å²) in [5.41, 5.74) is 0.443. The van der Waals surface area contributed by atoms with E-state index in [2.05, 4.69) is 10.2 Å². The molecule has 0 aliphatic carbocycles. The van der Waals surface area contributed by atoms with Crippen molar-refractivity contribution in [3.63, 3.8) is 0 Å². The van der Waals surface area contributed by atoms with Gasteiger partial charge < -0.3 is 10.2 Å². The van der Waals surface area contributed by atoms with Gasteiger partial charge >= 0.3 is 0 Å². The third-order valence-corrected chi connectivity index (χ3v) is 2.64. The van der Waals surface area contributed by atoms with Gasteiger partial charge in [-0.05, 0) is 25.1 Å². The molecule has 0 radical (unpaired) electrons. The predicted octanol–water partition coefficient (Wildman–Crippen LogP) is 2.00. The maximum Gasteiger partial charge on any atom is 0.251 e. The van der Waals surface area contributed by atoms with E-state index in [1.54, 1.807) is 19.1 Å². The fourth-order valence-electron chi connectivity index (χ4n) is 1.13. The molecule has 4 nitrogen and oxygen atoms in total. The molecule has 0 spiro atoms. The van der Waals surface area contributed by atoms with Crippen LogP contribution < -0.4 is 11.2 Å². The molecule has 88 valence electrons. The fraction of sp³-hybridized carbons (Fsp3) is 0.300. The zero-order chi connectivity index (χ0) is 12.1. The molecule has 0 heterocycles. The Kier molecular flexibility index (Phi) is 5.02. The maximum absolute atomic E-state index is 11.7. The number of carbonyl (C=O) groups excluding carboxylic acids is 1. The molecule has 1 aromatic rings. The van der Waals surface area contributed by atoms with E-state index in [4.69, 9.17) is 29.1 Å². The Bertz CT molecular complexity index is 385. The van der Waals surface area contributed by atoms with Crippen LogP contribution in [0.25, 0.3) is 0 Å². The Morgan fingerprint density at radius 2 is 2.19 bits per heavy atom. The van der Waals surface area contributed by atoms with E-state index < -0.39 is 0 Å². The number of hydrogen-bond acceptors (Lipinski definition) is 3. The highest BCUT2D eigenvalue weighted by Crippen LogP contribution is 2.22. The molecule has 0 fully saturated rings. The van der Waals surface area contributed by atoms with E-state index in [-0.39, 0.29) is 18.6 Å². The van der Waals surface area contributed by atoms with Crippen molar-refractivity contribution >= 4 is 29.1 Å². The van der Waals surface area contributed by atoms with Crippen LogP contribution in [0.5, 0.6) is 0 Å². The van der Waals surface area contributed by atoms with Crippen LogP contribution in [0.15, 0.2) is 18.2 Å². The van der Waals surface area contributed by atoms with Gasteiger partial charge in [0.1, 0.15) is 0 Å². The van der Waals surface area contributed by atoms with Crippen LogP contribution in [-0.4, -0.2) is 18.6 Å². The lowest BCUT2D eigenvalue weighted by molar-refractivity contribution is 0.0857. The molecular formula is C10H12Cl2N2O2. The SMILES string of the molecule is CC(CON)NC(=O)c1ccc(Cl)c(Cl)c1. The number of nitrogens with one attached hydrogen (secondary N) is 1. The summed E-state index contributed by atoms with van der Waals surface area (Å²) in [5.74, 6) is 4.65. The van der Waals surface area contributed by atoms with Crippen molar-refractivity contribution in [1.29, 1.82) is 0 Å². The van der Waals surface area contributed by atoms with E-state index in [0.29, 0.717) is 15.6 Å². The fourth-order valence-corrected chi connectivity index (χ4v) is 1.43. The summed E-state index contributed by atoms with van der Waals surface area (Å²) in [4.78, 5) is 16.1. The first kappa shape index (κ1) is 13.3. The molecule has 0 bridgehead atoms. The quantitative estimate of drug-likeness (QED) is 0.816. The minimum atomic E-state index is -0.247. The third-order valence-electron chi connectivity index (χ3n) is 1.91. The van der Waals surface area contributed by atoms with Gasteiger partial charge in [0.25, 0.3) is 5.91 Å². The lowest BCUT2D eigenvalue weighted by Gasteiger charge is -2.12. The molecule has 1 unspecified atom stereocenters. The summed E-state index contributed by atoms with van der Waals surface area (Å²) < 4.78 is 0. The van der Waals surface area contributed by atoms with Gasteiger partial charge in [-0.2, -0.15) is 0 Å².